The standard InChI is InChI=1S/C25H31N3O3/c1-17(5-7-24-8-11-25(12-9-24,13-10-24)23(30)31-4)15-18(2)21-16-20(19(3)29)27-22-6-14-26-28(21)22/h6,14-16,29H,2-3,5,7-13H2,1,4H3/b17-15+. The fraction of sp³-hybridized carbons (Fsp3) is 0.480. The molecule has 0 unspecified atom stereocenters. The van der Waals surface area contributed by atoms with E-state index in [1.807, 2.05) is 0 Å². The Morgan fingerprint density at radius 3 is 2.55 bits per heavy atom. The Hall–Kier alpha value is -2.89. The van der Waals surface area contributed by atoms with Crippen LogP contribution in [0, 0.1) is 10.8 Å². The van der Waals surface area contributed by atoms with E-state index in [-0.39, 0.29) is 17.1 Å². The summed E-state index contributed by atoms with van der Waals surface area (Å²) in [6, 6.07) is 3.56. The van der Waals surface area contributed by atoms with E-state index in [0.717, 1.165) is 62.6 Å². The first-order chi connectivity index (χ1) is 14.8. The van der Waals surface area contributed by atoms with Crippen LogP contribution in [0.1, 0.15) is 69.7 Å². The van der Waals surface area contributed by atoms with Crippen molar-refractivity contribution < 1.29 is 14.6 Å². The number of allylic oxidation sites excluding steroid dienone is 3. The molecule has 6 nitrogen and oxygen atoms in total. The van der Waals surface area contributed by atoms with Gasteiger partial charge in [0.15, 0.2) is 5.65 Å². The molecule has 5 rings (SSSR count). The minimum absolute atomic E-state index is 0.0135. The largest absolute Gasteiger partial charge is 0.506 e. The Labute approximate surface area is 183 Å². The summed E-state index contributed by atoms with van der Waals surface area (Å²) in [5.74, 6) is -0.0874. The summed E-state index contributed by atoms with van der Waals surface area (Å²) < 4.78 is 6.81. The van der Waals surface area contributed by atoms with Crippen LogP contribution in [0.2, 0.25) is 0 Å². The van der Waals surface area contributed by atoms with Crippen molar-refractivity contribution in [2.75, 3.05) is 7.11 Å². The molecule has 0 aliphatic heterocycles. The molecule has 2 heterocycles. The fourth-order valence-corrected chi connectivity index (χ4v) is 5.36. The van der Waals surface area contributed by atoms with Crippen molar-refractivity contribution in [2.45, 2.75) is 58.3 Å². The second-order valence-electron chi connectivity index (χ2n) is 9.36. The van der Waals surface area contributed by atoms with Crippen molar-refractivity contribution in [3.05, 3.63) is 54.5 Å². The van der Waals surface area contributed by atoms with Gasteiger partial charge in [0.05, 0.1) is 24.4 Å². The number of carbonyl (C=O) groups is 1. The van der Waals surface area contributed by atoms with Gasteiger partial charge in [-0.2, -0.15) is 5.10 Å². The predicted molar refractivity (Wildman–Crippen MR) is 121 cm³/mol. The smallest absolute Gasteiger partial charge is 0.311 e. The van der Waals surface area contributed by atoms with E-state index in [4.69, 9.17) is 4.74 Å². The molecule has 0 atom stereocenters. The first-order valence-electron chi connectivity index (χ1n) is 11.0. The number of hydrogen-bond donors (Lipinski definition) is 1. The van der Waals surface area contributed by atoms with Crippen LogP contribution in [-0.2, 0) is 9.53 Å². The Morgan fingerprint density at radius 1 is 1.26 bits per heavy atom. The average Bonchev–Trinajstić information content (AvgIpc) is 3.26. The zero-order valence-corrected chi connectivity index (χ0v) is 18.5. The van der Waals surface area contributed by atoms with E-state index in [2.05, 4.69) is 36.2 Å². The summed E-state index contributed by atoms with van der Waals surface area (Å²) in [5.41, 5.74) is 4.07. The summed E-state index contributed by atoms with van der Waals surface area (Å²) in [7, 11) is 1.51. The summed E-state index contributed by atoms with van der Waals surface area (Å²) in [6.45, 7) is 9.97. The van der Waals surface area contributed by atoms with E-state index < -0.39 is 0 Å². The van der Waals surface area contributed by atoms with Gasteiger partial charge in [-0.3, -0.25) is 4.79 Å². The number of hydrogen-bond acceptors (Lipinski definition) is 5. The van der Waals surface area contributed by atoms with Gasteiger partial charge in [-0.15, -0.1) is 0 Å². The van der Waals surface area contributed by atoms with Gasteiger partial charge in [0.1, 0.15) is 11.5 Å². The number of carbonyl (C=O) groups excluding carboxylic acids is 1. The number of rotatable bonds is 7. The van der Waals surface area contributed by atoms with Crippen LogP contribution in [0.5, 0.6) is 0 Å². The summed E-state index contributed by atoms with van der Waals surface area (Å²) in [6.07, 6.45) is 12.1. The minimum Gasteiger partial charge on any atom is -0.506 e. The molecular weight excluding hydrogens is 390 g/mol. The SMILES string of the molecule is C=C(O)c1cc(C(=C)/C=C(\C)CCC23CCC(C(=O)OC)(CC2)CC3)n2nccc2n1. The number of nitrogens with zero attached hydrogens (tertiary/aromatic N) is 3. The lowest BCUT2D eigenvalue weighted by Gasteiger charge is -2.52. The lowest BCUT2D eigenvalue weighted by atomic mass is 9.52. The molecule has 0 spiro atoms. The highest BCUT2D eigenvalue weighted by Crippen LogP contribution is 2.59. The minimum atomic E-state index is -0.222. The predicted octanol–water partition coefficient (Wildman–Crippen LogP) is 5.51. The van der Waals surface area contributed by atoms with E-state index >= 15 is 0 Å². The lowest BCUT2D eigenvalue weighted by Crippen LogP contribution is -2.46. The van der Waals surface area contributed by atoms with E-state index in [0.29, 0.717) is 16.8 Å². The second-order valence-corrected chi connectivity index (χ2v) is 9.36. The van der Waals surface area contributed by atoms with Crippen LogP contribution in [0.3, 0.4) is 0 Å². The number of aliphatic hydroxyl groups is 1. The van der Waals surface area contributed by atoms with Crippen molar-refractivity contribution in [1.29, 1.82) is 0 Å². The van der Waals surface area contributed by atoms with Gasteiger partial charge in [0.2, 0.25) is 0 Å². The van der Waals surface area contributed by atoms with Gasteiger partial charge in [-0.25, -0.2) is 9.50 Å². The molecule has 2 bridgehead atoms. The zero-order valence-electron chi connectivity index (χ0n) is 18.5. The molecule has 0 aromatic carbocycles. The van der Waals surface area contributed by atoms with Gasteiger partial charge in [0, 0.05) is 6.07 Å². The summed E-state index contributed by atoms with van der Waals surface area (Å²) >= 11 is 0. The maximum Gasteiger partial charge on any atom is 0.311 e. The zero-order chi connectivity index (χ0) is 22.2. The van der Waals surface area contributed by atoms with Gasteiger partial charge in [-0.1, -0.05) is 24.8 Å². The molecule has 6 heteroatoms. The van der Waals surface area contributed by atoms with Crippen LogP contribution < -0.4 is 0 Å². The molecule has 31 heavy (non-hydrogen) atoms. The number of aromatic nitrogens is 3. The third-order valence-corrected chi connectivity index (χ3v) is 7.47. The van der Waals surface area contributed by atoms with Crippen LogP contribution >= 0.6 is 0 Å². The third-order valence-electron chi connectivity index (χ3n) is 7.47. The van der Waals surface area contributed by atoms with Gasteiger partial charge in [-0.05, 0) is 75.3 Å². The monoisotopic (exact) mass is 421 g/mol. The second kappa shape index (κ2) is 7.98. The summed E-state index contributed by atoms with van der Waals surface area (Å²) in [5, 5.41) is 14.1. The Bertz CT molecular complexity index is 1050. The highest BCUT2D eigenvalue weighted by molar-refractivity contribution is 5.77. The Balaban J connectivity index is 1.45. The molecule has 164 valence electrons. The number of fused-ring (bicyclic) bond motifs is 4. The van der Waals surface area contributed by atoms with E-state index in [9.17, 15) is 9.90 Å². The average molecular weight is 422 g/mol. The van der Waals surface area contributed by atoms with Crippen molar-refractivity contribution in [1.82, 2.24) is 14.6 Å². The molecule has 2 aromatic rings. The van der Waals surface area contributed by atoms with Gasteiger partial charge >= 0.3 is 5.97 Å². The number of ether oxygens (including phenoxy) is 1. The van der Waals surface area contributed by atoms with E-state index in [1.165, 1.54) is 12.7 Å². The van der Waals surface area contributed by atoms with Crippen LogP contribution in [0.4, 0.5) is 0 Å². The van der Waals surface area contributed by atoms with E-state index in [1.54, 1.807) is 22.8 Å². The number of esters is 1. The van der Waals surface area contributed by atoms with Gasteiger partial charge < -0.3 is 9.84 Å². The highest BCUT2D eigenvalue weighted by atomic mass is 16.5. The molecule has 3 aliphatic carbocycles. The molecule has 3 fully saturated rings. The molecule has 0 amide bonds. The van der Waals surface area contributed by atoms with Crippen molar-refractivity contribution in [3.8, 4) is 0 Å². The molecule has 2 aromatic heterocycles. The lowest BCUT2D eigenvalue weighted by molar-refractivity contribution is -0.163. The van der Waals surface area contributed by atoms with Crippen LogP contribution in [0.25, 0.3) is 17.0 Å². The number of aliphatic hydroxyl groups excluding tert-OH is 1. The number of methoxy groups -OCH3 is 1. The van der Waals surface area contributed by atoms with Gasteiger partial charge in [0.25, 0.3) is 0 Å². The molecular formula is C25H31N3O3. The molecule has 3 aliphatic rings. The topological polar surface area (TPSA) is 76.7 Å². The maximum absolute atomic E-state index is 12.2. The fourth-order valence-electron chi connectivity index (χ4n) is 5.36. The van der Waals surface area contributed by atoms with Crippen molar-refractivity contribution >= 4 is 22.9 Å². The molecule has 0 radical (unpaired) electrons. The Kier molecular flexibility index (Phi) is 5.50. The van der Waals surface area contributed by atoms with Crippen molar-refractivity contribution in [2.24, 2.45) is 10.8 Å². The van der Waals surface area contributed by atoms with Crippen LogP contribution in [0.15, 0.2) is 43.1 Å². The summed E-state index contributed by atoms with van der Waals surface area (Å²) in [4.78, 5) is 16.6. The first kappa shape index (κ1) is 21.3. The molecule has 1 N–H and O–H groups in total. The quantitative estimate of drug-likeness (QED) is 0.362. The van der Waals surface area contributed by atoms with Crippen molar-refractivity contribution in [3.63, 3.8) is 0 Å². The highest BCUT2D eigenvalue weighted by Gasteiger charge is 2.52. The van der Waals surface area contributed by atoms with Crippen LogP contribution in [-0.4, -0.2) is 32.8 Å². The maximum atomic E-state index is 12.2. The Morgan fingerprint density at radius 2 is 1.94 bits per heavy atom. The molecule has 0 saturated heterocycles. The normalized spacial score (nSPS) is 25.5. The third kappa shape index (κ3) is 3.91. The molecule has 3 saturated carbocycles. The first-order valence-corrected chi connectivity index (χ1v) is 11.0.